The summed E-state index contributed by atoms with van der Waals surface area (Å²) in [6.45, 7) is 0.134. The number of nitrogens with zero attached hydrogens (tertiary/aromatic N) is 2. The number of carbonyl (C=O) groups is 2. The van der Waals surface area contributed by atoms with Gasteiger partial charge in [-0.05, 0) is 12.5 Å². The lowest BCUT2D eigenvalue weighted by molar-refractivity contribution is -0.387. The van der Waals surface area contributed by atoms with Crippen LogP contribution < -0.4 is 4.74 Å². The molecule has 0 spiro atoms. The molecule has 0 aliphatic heterocycles. The Labute approximate surface area is 120 Å². The highest BCUT2D eigenvalue weighted by Crippen LogP contribution is 2.27. The van der Waals surface area contributed by atoms with Gasteiger partial charge < -0.3 is 9.64 Å². The van der Waals surface area contributed by atoms with Crippen molar-refractivity contribution in [3.05, 3.63) is 33.6 Å². The fraction of sp³-hybridized carbons (Fsp3) is 0.385. The molecular formula is C13H15FN2O5. The molecule has 1 amide bonds. The minimum atomic E-state index is -1.14. The molecule has 0 aliphatic carbocycles. The maximum Gasteiger partial charge on any atom is 0.315 e. The number of carbonyl (C=O) groups excluding carboxylic acids is 2. The summed E-state index contributed by atoms with van der Waals surface area (Å²) in [5.41, 5.74) is -1.26. The molecule has 1 rings (SSSR count). The van der Waals surface area contributed by atoms with Crippen molar-refractivity contribution in [2.45, 2.75) is 12.8 Å². The molecule has 0 atom stereocenters. The normalized spacial score (nSPS) is 10.0. The first-order valence-corrected chi connectivity index (χ1v) is 6.13. The van der Waals surface area contributed by atoms with Crippen molar-refractivity contribution in [3.8, 4) is 5.75 Å². The van der Waals surface area contributed by atoms with E-state index in [0.717, 1.165) is 12.1 Å². The standard InChI is InChI=1S/C13H15FN2O5/c1-15(2)12(18)4-3-5-21-10-6-9(8-17)13(16(19)20)11(14)7-10/h6-8H,3-5H2,1-2H3. The van der Waals surface area contributed by atoms with Crippen LogP contribution in [0.15, 0.2) is 12.1 Å². The summed E-state index contributed by atoms with van der Waals surface area (Å²) in [5.74, 6) is -1.19. The molecule has 7 nitrogen and oxygen atoms in total. The molecule has 0 bridgehead atoms. The van der Waals surface area contributed by atoms with E-state index in [1.165, 1.54) is 4.90 Å². The van der Waals surface area contributed by atoms with Gasteiger partial charge in [0.05, 0.1) is 17.1 Å². The fourth-order valence-electron chi connectivity index (χ4n) is 1.60. The Balaban J connectivity index is 2.69. The molecule has 21 heavy (non-hydrogen) atoms. The van der Waals surface area contributed by atoms with Crippen LogP contribution in [0.1, 0.15) is 23.2 Å². The molecule has 0 heterocycles. The lowest BCUT2D eigenvalue weighted by atomic mass is 10.2. The Hall–Kier alpha value is -2.51. The summed E-state index contributed by atoms with van der Waals surface area (Å²) < 4.78 is 18.8. The van der Waals surface area contributed by atoms with Crippen molar-refractivity contribution in [2.24, 2.45) is 0 Å². The molecule has 1 aromatic carbocycles. The van der Waals surface area contributed by atoms with Crippen LogP contribution in [0.5, 0.6) is 5.75 Å². The van der Waals surface area contributed by atoms with Gasteiger partial charge in [0.15, 0.2) is 6.29 Å². The molecule has 0 aliphatic rings. The van der Waals surface area contributed by atoms with E-state index in [-0.39, 0.29) is 36.5 Å². The predicted molar refractivity (Wildman–Crippen MR) is 71.9 cm³/mol. The molecule has 0 aromatic heterocycles. The van der Waals surface area contributed by atoms with E-state index in [0.29, 0.717) is 6.42 Å². The van der Waals surface area contributed by atoms with Crippen LogP contribution in [0.3, 0.4) is 0 Å². The number of hydrogen-bond donors (Lipinski definition) is 0. The van der Waals surface area contributed by atoms with Crippen molar-refractivity contribution in [3.63, 3.8) is 0 Å². The van der Waals surface area contributed by atoms with E-state index in [9.17, 15) is 24.1 Å². The summed E-state index contributed by atoms with van der Waals surface area (Å²) >= 11 is 0. The lowest BCUT2D eigenvalue weighted by Crippen LogP contribution is -2.21. The maximum atomic E-state index is 13.6. The van der Waals surface area contributed by atoms with Gasteiger partial charge in [0.25, 0.3) is 0 Å². The Morgan fingerprint density at radius 1 is 1.48 bits per heavy atom. The zero-order valence-corrected chi connectivity index (χ0v) is 11.7. The summed E-state index contributed by atoms with van der Waals surface area (Å²) in [4.78, 5) is 33.2. The molecule has 1 aromatic rings. The first-order valence-electron chi connectivity index (χ1n) is 6.13. The monoisotopic (exact) mass is 298 g/mol. The second-order valence-electron chi connectivity index (χ2n) is 4.46. The van der Waals surface area contributed by atoms with Gasteiger partial charge in [0, 0.05) is 26.6 Å². The summed E-state index contributed by atoms with van der Waals surface area (Å²) in [5, 5.41) is 10.6. The summed E-state index contributed by atoms with van der Waals surface area (Å²) in [6.07, 6.45) is 0.874. The Kier molecular flexibility index (Phi) is 5.77. The average molecular weight is 298 g/mol. The topological polar surface area (TPSA) is 89.8 Å². The van der Waals surface area contributed by atoms with Crippen LogP contribution in [0.2, 0.25) is 0 Å². The molecule has 8 heteroatoms. The number of nitro benzene ring substituents is 1. The van der Waals surface area contributed by atoms with Gasteiger partial charge in [-0.15, -0.1) is 0 Å². The van der Waals surface area contributed by atoms with Crippen LogP contribution in [-0.2, 0) is 4.79 Å². The molecule has 0 unspecified atom stereocenters. The number of rotatable bonds is 7. The predicted octanol–water partition coefficient (Wildman–Crippen LogP) is 1.79. The molecule has 0 saturated heterocycles. The number of aldehydes is 1. The molecule has 0 saturated carbocycles. The number of halogens is 1. The van der Waals surface area contributed by atoms with Crippen molar-refractivity contribution >= 4 is 17.9 Å². The summed E-state index contributed by atoms with van der Waals surface area (Å²) in [6, 6.07) is 1.95. The maximum absolute atomic E-state index is 13.6. The highest BCUT2D eigenvalue weighted by Gasteiger charge is 2.21. The third kappa shape index (κ3) is 4.51. The Morgan fingerprint density at radius 3 is 2.67 bits per heavy atom. The first kappa shape index (κ1) is 16.5. The minimum absolute atomic E-state index is 0.0116. The van der Waals surface area contributed by atoms with Crippen LogP contribution in [-0.4, -0.2) is 42.7 Å². The van der Waals surface area contributed by atoms with Gasteiger partial charge in [0.2, 0.25) is 11.7 Å². The number of ether oxygens (including phenoxy) is 1. The van der Waals surface area contributed by atoms with Crippen molar-refractivity contribution in [1.29, 1.82) is 0 Å². The third-order valence-electron chi connectivity index (χ3n) is 2.68. The smallest absolute Gasteiger partial charge is 0.315 e. The summed E-state index contributed by atoms with van der Waals surface area (Å²) in [7, 11) is 3.26. The number of nitro groups is 1. The SMILES string of the molecule is CN(C)C(=O)CCCOc1cc(F)c([N+](=O)[O-])c(C=O)c1. The van der Waals surface area contributed by atoms with Crippen LogP contribution >= 0.6 is 0 Å². The molecule has 0 fully saturated rings. The van der Waals surface area contributed by atoms with E-state index in [1.807, 2.05) is 0 Å². The quantitative estimate of drug-likeness (QED) is 0.331. The first-order chi connectivity index (χ1) is 9.86. The van der Waals surface area contributed by atoms with Crippen molar-refractivity contribution in [2.75, 3.05) is 20.7 Å². The number of hydrogen-bond acceptors (Lipinski definition) is 5. The van der Waals surface area contributed by atoms with Gasteiger partial charge >= 0.3 is 5.69 Å². The van der Waals surface area contributed by atoms with Gasteiger partial charge in [-0.25, -0.2) is 0 Å². The van der Waals surface area contributed by atoms with Gasteiger partial charge in [0.1, 0.15) is 5.75 Å². The van der Waals surface area contributed by atoms with Crippen LogP contribution in [0, 0.1) is 15.9 Å². The average Bonchev–Trinajstić information content (AvgIpc) is 2.41. The Morgan fingerprint density at radius 2 is 2.14 bits per heavy atom. The second kappa shape index (κ2) is 7.32. The Bertz CT molecular complexity index is 560. The van der Waals surface area contributed by atoms with Crippen molar-refractivity contribution in [1.82, 2.24) is 4.90 Å². The number of benzene rings is 1. The van der Waals surface area contributed by atoms with Crippen molar-refractivity contribution < 1.29 is 23.6 Å². The van der Waals surface area contributed by atoms with Gasteiger partial charge in [-0.2, -0.15) is 4.39 Å². The largest absolute Gasteiger partial charge is 0.493 e. The molecule has 114 valence electrons. The lowest BCUT2D eigenvalue weighted by Gasteiger charge is -2.10. The zero-order valence-electron chi connectivity index (χ0n) is 11.7. The number of amides is 1. The molecular weight excluding hydrogens is 283 g/mol. The minimum Gasteiger partial charge on any atom is -0.493 e. The van der Waals surface area contributed by atoms with E-state index in [4.69, 9.17) is 4.74 Å². The third-order valence-corrected chi connectivity index (χ3v) is 2.68. The van der Waals surface area contributed by atoms with E-state index in [1.54, 1.807) is 14.1 Å². The van der Waals surface area contributed by atoms with Crippen LogP contribution in [0.4, 0.5) is 10.1 Å². The zero-order chi connectivity index (χ0) is 16.0. The highest BCUT2D eigenvalue weighted by atomic mass is 19.1. The molecule has 0 radical (unpaired) electrons. The highest BCUT2D eigenvalue weighted by molar-refractivity contribution is 5.82. The molecule has 0 N–H and O–H groups in total. The van der Waals surface area contributed by atoms with Crippen LogP contribution in [0.25, 0.3) is 0 Å². The fourth-order valence-corrected chi connectivity index (χ4v) is 1.60. The van der Waals surface area contributed by atoms with E-state index >= 15 is 0 Å². The second-order valence-corrected chi connectivity index (χ2v) is 4.46. The van der Waals surface area contributed by atoms with E-state index < -0.39 is 16.4 Å². The van der Waals surface area contributed by atoms with Gasteiger partial charge in [-0.3, -0.25) is 19.7 Å². The van der Waals surface area contributed by atoms with Gasteiger partial charge in [-0.1, -0.05) is 0 Å². The van der Waals surface area contributed by atoms with E-state index in [2.05, 4.69) is 0 Å².